The molecule has 1 aromatic carbocycles. The summed E-state index contributed by atoms with van der Waals surface area (Å²) in [5.74, 6) is 0.891. The number of fused-ring (bicyclic) bond motifs is 1. The lowest BCUT2D eigenvalue weighted by atomic mass is 10.0. The van der Waals surface area contributed by atoms with Crippen molar-refractivity contribution in [1.82, 2.24) is 24.9 Å². The Morgan fingerprint density at radius 3 is 2.78 bits per heavy atom. The van der Waals surface area contributed by atoms with Gasteiger partial charge >= 0.3 is 0 Å². The van der Waals surface area contributed by atoms with Crippen LogP contribution in [-0.4, -0.2) is 50.3 Å². The van der Waals surface area contributed by atoms with Crippen LogP contribution in [0.5, 0.6) is 11.5 Å². The zero-order valence-electron chi connectivity index (χ0n) is 20.0. The molecule has 9 heteroatoms. The maximum atomic E-state index is 14.8. The Bertz CT molecular complexity index is 1390. The topological polar surface area (TPSA) is 73.1 Å². The highest BCUT2D eigenvalue weighted by molar-refractivity contribution is 7.22. The fourth-order valence-corrected chi connectivity index (χ4v) is 5.71. The number of carbonyl (C=O) groups is 1. The van der Waals surface area contributed by atoms with Gasteiger partial charge in [0.05, 0.1) is 27.8 Å². The molecule has 7 nitrogen and oxygen atoms in total. The number of benzene rings is 1. The molecule has 0 amide bonds. The quantitative estimate of drug-likeness (QED) is 0.284. The Labute approximate surface area is 212 Å². The lowest BCUT2D eigenvalue weighted by Gasteiger charge is -2.13. The second-order valence-corrected chi connectivity index (χ2v) is 10.8. The third-order valence-corrected chi connectivity index (χ3v) is 8.00. The van der Waals surface area contributed by atoms with Crippen LogP contribution >= 0.6 is 11.3 Å². The predicted molar refractivity (Wildman–Crippen MR) is 137 cm³/mol. The number of likely N-dealkylation sites (tertiary alicyclic amines) is 1. The molecule has 6 rings (SSSR count). The summed E-state index contributed by atoms with van der Waals surface area (Å²) >= 11 is 1.50. The molecule has 4 heterocycles. The molecule has 0 radical (unpaired) electrons. The van der Waals surface area contributed by atoms with Crippen molar-refractivity contribution >= 4 is 27.3 Å². The number of thiophene rings is 1. The fourth-order valence-electron chi connectivity index (χ4n) is 4.69. The highest BCUT2D eigenvalue weighted by Gasteiger charge is 2.24. The number of nitrogens with zero attached hydrogens (tertiary/aromatic N) is 5. The molecule has 0 N–H and O–H groups in total. The summed E-state index contributed by atoms with van der Waals surface area (Å²) in [5.41, 5.74) is 2.23. The molecule has 1 saturated heterocycles. The van der Waals surface area contributed by atoms with Gasteiger partial charge in [0.2, 0.25) is 0 Å². The Hall–Kier alpha value is -3.17. The van der Waals surface area contributed by atoms with Crippen molar-refractivity contribution in [2.75, 3.05) is 19.6 Å². The fraction of sp³-hybridized carbons (Fsp3) is 0.407. The van der Waals surface area contributed by atoms with Crippen molar-refractivity contribution in [3.05, 3.63) is 54.1 Å². The molecule has 1 aliphatic heterocycles. The van der Waals surface area contributed by atoms with Gasteiger partial charge in [0.15, 0.2) is 11.6 Å². The minimum Gasteiger partial charge on any atom is -0.453 e. The summed E-state index contributed by atoms with van der Waals surface area (Å²) in [5, 5.41) is 8.65. The van der Waals surface area contributed by atoms with E-state index in [2.05, 4.69) is 20.2 Å². The van der Waals surface area contributed by atoms with E-state index in [0.29, 0.717) is 23.7 Å². The molecule has 2 fully saturated rings. The first-order valence-electron chi connectivity index (χ1n) is 12.6. The third kappa shape index (κ3) is 5.32. The standard InChI is InChI=1S/C27H28FN5O2S/c28-21-15-19(14-20(34)13-18-3-4-18)5-6-24(21)35-25-7-8-29-22-16-26(36-27(22)25)23-17-33(31-30-23)12-11-32-9-1-2-10-32/h5-8,15-18H,1-4,9-14H2. The van der Waals surface area contributed by atoms with E-state index >= 15 is 0 Å². The highest BCUT2D eigenvalue weighted by atomic mass is 32.1. The maximum Gasteiger partial charge on any atom is 0.166 e. The van der Waals surface area contributed by atoms with Gasteiger partial charge in [-0.05, 0) is 68.5 Å². The van der Waals surface area contributed by atoms with Gasteiger partial charge in [-0.3, -0.25) is 14.5 Å². The number of Topliss-reactive ketones (excluding diaryl/α,β-unsaturated/α-hetero) is 1. The highest BCUT2D eigenvalue weighted by Crippen LogP contribution is 2.39. The van der Waals surface area contributed by atoms with Gasteiger partial charge in [-0.2, -0.15) is 0 Å². The van der Waals surface area contributed by atoms with E-state index in [9.17, 15) is 9.18 Å². The summed E-state index contributed by atoms with van der Waals surface area (Å²) in [6.45, 7) is 4.11. The average molecular weight is 506 g/mol. The molecule has 0 spiro atoms. The van der Waals surface area contributed by atoms with E-state index in [4.69, 9.17) is 4.74 Å². The molecule has 36 heavy (non-hydrogen) atoms. The Balaban J connectivity index is 1.16. The summed E-state index contributed by atoms with van der Waals surface area (Å²) in [6, 6.07) is 8.47. The minimum absolute atomic E-state index is 0.128. The van der Waals surface area contributed by atoms with Crippen LogP contribution in [0.1, 0.15) is 37.7 Å². The van der Waals surface area contributed by atoms with Gasteiger partial charge in [-0.1, -0.05) is 11.3 Å². The number of halogens is 1. The number of ether oxygens (including phenoxy) is 1. The molecule has 0 unspecified atom stereocenters. The molecule has 0 atom stereocenters. The number of hydrogen-bond acceptors (Lipinski definition) is 7. The zero-order chi connectivity index (χ0) is 24.5. The normalized spacial score (nSPS) is 16.1. The van der Waals surface area contributed by atoms with Crippen LogP contribution in [0.25, 0.3) is 20.8 Å². The maximum absolute atomic E-state index is 14.8. The third-order valence-electron chi connectivity index (χ3n) is 6.84. The first-order valence-corrected chi connectivity index (χ1v) is 13.4. The van der Waals surface area contributed by atoms with Gasteiger partial charge in [0.25, 0.3) is 0 Å². The molecule has 1 aliphatic carbocycles. The number of rotatable bonds is 10. The molecule has 186 valence electrons. The van der Waals surface area contributed by atoms with E-state index < -0.39 is 5.82 Å². The summed E-state index contributed by atoms with van der Waals surface area (Å²) < 4.78 is 23.5. The lowest BCUT2D eigenvalue weighted by Crippen LogP contribution is -2.24. The molecule has 1 saturated carbocycles. The number of carbonyl (C=O) groups excluding carboxylic acids is 1. The van der Waals surface area contributed by atoms with Crippen LogP contribution in [0.3, 0.4) is 0 Å². The van der Waals surface area contributed by atoms with Gasteiger partial charge in [-0.15, -0.1) is 16.4 Å². The molecule has 3 aromatic heterocycles. The van der Waals surface area contributed by atoms with Crippen LogP contribution < -0.4 is 4.74 Å². The molecule has 0 bridgehead atoms. The van der Waals surface area contributed by atoms with Crippen LogP contribution in [0.4, 0.5) is 4.39 Å². The van der Waals surface area contributed by atoms with Crippen LogP contribution in [0.2, 0.25) is 0 Å². The summed E-state index contributed by atoms with van der Waals surface area (Å²) in [4.78, 5) is 20.0. The number of hydrogen-bond donors (Lipinski definition) is 0. The summed E-state index contributed by atoms with van der Waals surface area (Å²) in [6.07, 6.45) is 9.30. The molecule has 4 aromatic rings. The molecule has 2 aliphatic rings. The van der Waals surface area contributed by atoms with Gasteiger partial charge in [0, 0.05) is 31.6 Å². The second kappa shape index (κ2) is 10.1. The largest absolute Gasteiger partial charge is 0.453 e. The van der Waals surface area contributed by atoms with Gasteiger partial charge < -0.3 is 9.64 Å². The predicted octanol–water partition coefficient (Wildman–Crippen LogP) is 5.49. The lowest BCUT2D eigenvalue weighted by molar-refractivity contribution is -0.118. The van der Waals surface area contributed by atoms with Crippen molar-refractivity contribution in [1.29, 1.82) is 0 Å². The number of ketones is 1. The Morgan fingerprint density at radius 1 is 1.11 bits per heavy atom. The van der Waals surface area contributed by atoms with Crippen LogP contribution in [-0.2, 0) is 17.8 Å². The number of pyridine rings is 1. The van der Waals surface area contributed by atoms with E-state index in [1.165, 1.54) is 30.2 Å². The number of aromatic nitrogens is 4. The van der Waals surface area contributed by atoms with Crippen molar-refractivity contribution in [3.63, 3.8) is 0 Å². The minimum atomic E-state index is -0.477. The van der Waals surface area contributed by atoms with Crippen LogP contribution in [0, 0.1) is 11.7 Å². The smallest absolute Gasteiger partial charge is 0.166 e. The van der Waals surface area contributed by atoms with E-state index in [-0.39, 0.29) is 18.0 Å². The van der Waals surface area contributed by atoms with Crippen molar-refractivity contribution in [2.45, 2.75) is 45.1 Å². The van der Waals surface area contributed by atoms with Gasteiger partial charge in [-0.25, -0.2) is 4.39 Å². The second-order valence-electron chi connectivity index (χ2n) is 9.78. The van der Waals surface area contributed by atoms with Crippen LogP contribution in [0.15, 0.2) is 42.7 Å². The monoisotopic (exact) mass is 505 g/mol. The van der Waals surface area contributed by atoms with Crippen molar-refractivity contribution in [2.24, 2.45) is 5.92 Å². The van der Waals surface area contributed by atoms with Crippen molar-refractivity contribution in [3.8, 4) is 22.1 Å². The van der Waals surface area contributed by atoms with Crippen molar-refractivity contribution < 1.29 is 13.9 Å². The van der Waals surface area contributed by atoms with Gasteiger partial charge in [0.1, 0.15) is 17.2 Å². The van der Waals surface area contributed by atoms with E-state index in [0.717, 1.165) is 59.8 Å². The average Bonchev–Trinajstić information content (AvgIpc) is 3.26. The van der Waals surface area contributed by atoms with E-state index in [1.807, 2.05) is 16.9 Å². The molecular weight excluding hydrogens is 477 g/mol. The van der Waals surface area contributed by atoms with E-state index in [1.54, 1.807) is 24.4 Å². The Morgan fingerprint density at radius 2 is 1.97 bits per heavy atom. The first-order chi connectivity index (χ1) is 17.6. The SMILES string of the molecule is O=C(Cc1ccc(Oc2ccnc3cc(-c4cn(CCN5CCCC5)nn4)sc23)c(F)c1)CC1CC1. The molecular formula is C27H28FN5O2S. The summed E-state index contributed by atoms with van der Waals surface area (Å²) in [7, 11) is 0. The zero-order valence-corrected chi connectivity index (χ0v) is 20.8. The Kier molecular flexibility index (Phi) is 6.50. The first kappa shape index (κ1) is 23.2.